The average molecular weight is 223 g/mol. The number of pyridine rings is 1. The minimum atomic E-state index is -0.373. The molecule has 0 aliphatic heterocycles. The van der Waals surface area contributed by atoms with E-state index in [2.05, 4.69) is 20.4 Å². The van der Waals surface area contributed by atoms with Crippen molar-refractivity contribution in [2.24, 2.45) is 0 Å². The third-order valence-electron chi connectivity index (χ3n) is 2.06. The van der Waals surface area contributed by atoms with Crippen molar-refractivity contribution in [1.82, 2.24) is 4.98 Å². The molecular formula is C11H17N3O2. The van der Waals surface area contributed by atoms with Gasteiger partial charge < -0.3 is 15.4 Å². The molecule has 1 unspecified atom stereocenters. The van der Waals surface area contributed by atoms with Gasteiger partial charge in [0.05, 0.1) is 7.11 Å². The number of carbonyl (C=O) groups excluding carboxylic acids is 1. The molecule has 0 aliphatic rings. The molecule has 0 radical (unpaired) electrons. The Morgan fingerprint density at radius 2 is 2.38 bits per heavy atom. The van der Waals surface area contributed by atoms with Crippen molar-refractivity contribution in [3.63, 3.8) is 0 Å². The van der Waals surface area contributed by atoms with Gasteiger partial charge >= 0.3 is 5.97 Å². The van der Waals surface area contributed by atoms with Gasteiger partial charge in [-0.1, -0.05) is 0 Å². The van der Waals surface area contributed by atoms with E-state index in [1.54, 1.807) is 19.2 Å². The van der Waals surface area contributed by atoms with Gasteiger partial charge in [-0.2, -0.15) is 0 Å². The van der Waals surface area contributed by atoms with Gasteiger partial charge in [-0.05, 0) is 19.9 Å². The van der Waals surface area contributed by atoms with Crippen molar-refractivity contribution in [3.05, 3.63) is 18.3 Å². The smallest absolute Gasteiger partial charge is 0.327 e. The van der Waals surface area contributed by atoms with Crippen molar-refractivity contribution in [3.8, 4) is 0 Å². The summed E-state index contributed by atoms with van der Waals surface area (Å²) < 4.78 is 4.63. The van der Waals surface area contributed by atoms with Crippen LogP contribution in [0.5, 0.6) is 0 Å². The number of methoxy groups -OCH3 is 1. The maximum atomic E-state index is 11.2. The summed E-state index contributed by atoms with van der Waals surface area (Å²) in [5.74, 6) is 0.492. The third kappa shape index (κ3) is 3.42. The summed E-state index contributed by atoms with van der Waals surface area (Å²) in [4.78, 5) is 15.3. The van der Waals surface area contributed by atoms with Crippen molar-refractivity contribution in [1.29, 1.82) is 0 Å². The summed E-state index contributed by atoms with van der Waals surface area (Å²) >= 11 is 0. The number of carbonyl (C=O) groups is 1. The van der Waals surface area contributed by atoms with Crippen molar-refractivity contribution < 1.29 is 9.53 Å². The molecule has 1 aromatic rings. The zero-order chi connectivity index (χ0) is 12.0. The number of hydrogen-bond donors (Lipinski definition) is 2. The van der Waals surface area contributed by atoms with E-state index >= 15 is 0 Å². The Kier molecular flexibility index (Phi) is 4.57. The first-order chi connectivity index (χ1) is 7.67. The Balaban J connectivity index is 2.66. The Morgan fingerprint density at radius 1 is 1.62 bits per heavy atom. The molecule has 1 heterocycles. The van der Waals surface area contributed by atoms with Gasteiger partial charge in [-0.3, -0.25) is 0 Å². The van der Waals surface area contributed by atoms with E-state index in [0.717, 1.165) is 18.1 Å². The molecule has 5 heteroatoms. The molecule has 0 saturated carbocycles. The Morgan fingerprint density at radius 3 is 3.00 bits per heavy atom. The van der Waals surface area contributed by atoms with Crippen LogP contribution in [0, 0.1) is 0 Å². The monoisotopic (exact) mass is 223 g/mol. The number of ether oxygens (including phenoxy) is 1. The molecule has 1 atom stereocenters. The molecule has 0 fully saturated rings. The molecule has 0 amide bonds. The maximum absolute atomic E-state index is 11.2. The molecule has 0 bridgehead atoms. The summed E-state index contributed by atoms with van der Waals surface area (Å²) in [7, 11) is 1.37. The number of nitrogens with one attached hydrogen (secondary N) is 2. The minimum absolute atomic E-state index is 0.290. The summed E-state index contributed by atoms with van der Waals surface area (Å²) in [6.07, 6.45) is 1.68. The number of esters is 1. The van der Waals surface area contributed by atoms with Gasteiger partial charge in [0.2, 0.25) is 0 Å². The fourth-order valence-electron chi connectivity index (χ4n) is 1.28. The van der Waals surface area contributed by atoms with Gasteiger partial charge in [0, 0.05) is 24.5 Å². The van der Waals surface area contributed by atoms with E-state index in [4.69, 9.17) is 0 Å². The van der Waals surface area contributed by atoms with Gasteiger partial charge in [-0.25, -0.2) is 9.78 Å². The highest BCUT2D eigenvalue weighted by atomic mass is 16.5. The lowest BCUT2D eigenvalue weighted by Gasteiger charge is -2.13. The Bertz CT molecular complexity index is 355. The number of anilines is 2. The summed E-state index contributed by atoms with van der Waals surface area (Å²) in [6, 6.07) is 3.28. The predicted molar refractivity (Wildman–Crippen MR) is 63.5 cm³/mol. The number of aromatic nitrogens is 1. The first-order valence-corrected chi connectivity index (χ1v) is 5.21. The van der Waals surface area contributed by atoms with Gasteiger partial charge in [0.15, 0.2) is 0 Å². The fourth-order valence-corrected chi connectivity index (χ4v) is 1.28. The van der Waals surface area contributed by atoms with Crippen LogP contribution in [0.1, 0.15) is 13.8 Å². The first kappa shape index (κ1) is 12.3. The van der Waals surface area contributed by atoms with Crippen LogP contribution in [0.15, 0.2) is 18.3 Å². The van der Waals surface area contributed by atoms with Crippen LogP contribution in [-0.2, 0) is 9.53 Å². The second kappa shape index (κ2) is 5.95. The Labute approximate surface area is 95.2 Å². The normalized spacial score (nSPS) is 11.7. The quantitative estimate of drug-likeness (QED) is 0.740. The minimum Gasteiger partial charge on any atom is -0.467 e. The SMILES string of the molecule is CCNc1cc(NC(C)C(=O)OC)ccn1. The van der Waals surface area contributed by atoms with Crippen LogP contribution < -0.4 is 10.6 Å². The van der Waals surface area contributed by atoms with E-state index in [0.29, 0.717) is 0 Å². The van der Waals surface area contributed by atoms with Crippen LogP contribution >= 0.6 is 0 Å². The zero-order valence-electron chi connectivity index (χ0n) is 9.78. The van der Waals surface area contributed by atoms with Crippen LogP contribution in [0.3, 0.4) is 0 Å². The molecule has 0 spiro atoms. The van der Waals surface area contributed by atoms with Gasteiger partial charge in [0.1, 0.15) is 11.9 Å². The maximum Gasteiger partial charge on any atom is 0.327 e. The number of rotatable bonds is 5. The van der Waals surface area contributed by atoms with Crippen molar-refractivity contribution in [2.45, 2.75) is 19.9 Å². The molecule has 1 aromatic heterocycles. The highest BCUT2D eigenvalue weighted by Gasteiger charge is 2.12. The Hall–Kier alpha value is -1.78. The fraction of sp³-hybridized carbons (Fsp3) is 0.455. The lowest BCUT2D eigenvalue weighted by molar-refractivity contribution is -0.141. The third-order valence-corrected chi connectivity index (χ3v) is 2.06. The average Bonchev–Trinajstić information content (AvgIpc) is 2.29. The van der Waals surface area contributed by atoms with Crippen LogP contribution in [0.2, 0.25) is 0 Å². The summed E-state index contributed by atoms with van der Waals surface area (Å²) in [6.45, 7) is 4.56. The molecule has 2 N–H and O–H groups in total. The molecule has 88 valence electrons. The van der Waals surface area contributed by atoms with E-state index in [1.807, 2.05) is 13.0 Å². The van der Waals surface area contributed by atoms with Crippen LogP contribution in [0.4, 0.5) is 11.5 Å². The second-order valence-corrected chi connectivity index (χ2v) is 3.35. The van der Waals surface area contributed by atoms with E-state index in [-0.39, 0.29) is 12.0 Å². The second-order valence-electron chi connectivity index (χ2n) is 3.35. The summed E-state index contributed by atoms with van der Waals surface area (Å²) in [5.41, 5.74) is 0.837. The van der Waals surface area contributed by atoms with Crippen molar-refractivity contribution in [2.75, 3.05) is 24.3 Å². The lowest BCUT2D eigenvalue weighted by atomic mass is 10.3. The molecule has 1 rings (SSSR count). The summed E-state index contributed by atoms with van der Waals surface area (Å²) in [5, 5.41) is 6.13. The van der Waals surface area contributed by atoms with E-state index < -0.39 is 0 Å². The number of nitrogens with zero attached hydrogens (tertiary/aromatic N) is 1. The van der Waals surface area contributed by atoms with Gasteiger partial charge in [0.25, 0.3) is 0 Å². The largest absolute Gasteiger partial charge is 0.467 e. The topological polar surface area (TPSA) is 63.2 Å². The lowest BCUT2D eigenvalue weighted by Crippen LogP contribution is -2.27. The number of hydrogen-bond acceptors (Lipinski definition) is 5. The molecular weight excluding hydrogens is 206 g/mol. The van der Waals surface area contributed by atoms with E-state index in [1.165, 1.54) is 7.11 Å². The first-order valence-electron chi connectivity index (χ1n) is 5.21. The molecule has 16 heavy (non-hydrogen) atoms. The standard InChI is InChI=1S/C11H17N3O2/c1-4-12-10-7-9(5-6-13-10)14-8(2)11(15)16-3/h5-8H,4H2,1-3H3,(H2,12,13,14). The zero-order valence-corrected chi connectivity index (χ0v) is 9.78. The molecule has 0 saturated heterocycles. The predicted octanol–water partition coefficient (Wildman–Crippen LogP) is 1.49. The highest BCUT2D eigenvalue weighted by molar-refractivity contribution is 5.78. The van der Waals surface area contributed by atoms with Gasteiger partial charge in [-0.15, -0.1) is 0 Å². The highest BCUT2D eigenvalue weighted by Crippen LogP contribution is 2.12. The van der Waals surface area contributed by atoms with Crippen LogP contribution in [0.25, 0.3) is 0 Å². The molecule has 5 nitrogen and oxygen atoms in total. The molecule has 0 aromatic carbocycles. The molecule has 0 aliphatic carbocycles. The van der Waals surface area contributed by atoms with E-state index in [9.17, 15) is 4.79 Å². The van der Waals surface area contributed by atoms with Crippen LogP contribution in [-0.4, -0.2) is 30.6 Å². The van der Waals surface area contributed by atoms with Crippen molar-refractivity contribution >= 4 is 17.5 Å².